The quantitative estimate of drug-likeness (QED) is 0.396. The first-order valence-electron chi connectivity index (χ1n) is 6.95. The predicted molar refractivity (Wildman–Crippen MR) is 101 cm³/mol. The Morgan fingerprint density at radius 1 is 1.30 bits per heavy atom. The van der Waals surface area contributed by atoms with Crippen molar-refractivity contribution >= 4 is 29.9 Å². The van der Waals surface area contributed by atoms with E-state index in [0.29, 0.717) is 30.5 Å². The number of aromatic nitrogens is 2. The van der Waals surface area contributed by atoms with Crippen LogP contribution in [0.5, 0.6) is 11.5 Å². The maximum Gasteiger partial charge on any atom is 0.188 e. The van der Waals surface area contributed by atoms with Crippen LogP contribution in [0.1, 0.15) is 5.56 Å². The summed E-state index contributed by atoms with van der Waals surface area (Å²) in [6.07, 6.45) is 3.65. The van der Waals surface area contributed by atoms with Crippen molar-refractivity contribution < 1.29 is 9.47 Å². The second-order valence-electron chi connectivity index (χ2n) is 4.59. The molecule has 0 saturated carbocycles. The van der Waals surface area contributed by atoms with Crippen molar-refractivity contribution in [2.75, 3.05) is 20.8 Å². The number of nitrogens with one attached hydrogen (secondary N) is 1. The fourth-order valence-electron chi connectivity index (χ4n) is 1.94. The highest BCUT2D eigenvalue weighted by atomic mass is 127. The maximum absolute atomic E-state index is 5.84. The second kappa shape index (κ2) is 9.93. The second-order valence-corrected chi connectivity index (χ2v) is 4.59. The third kappa shape index (κ3) is 5.97. The highest BCUT2D eigenvalue weighted by Crippen LogP contribution is 2.27. The number of nitrogens with zero attached hydrogens (tertiary/aromatic N) is 3. The minimum atomic E-state index is 0. The standard InChI is InChI=1S/C15H21N5O2.HI/c1-21-13-5-4-12(10-14(13)22-2)11-18-15(16)17-7-9-20-8-3-6-19-20;/h3-6,8,10H,7,9,11H2,1-2H3,(H3,16,17,18);1H. The molecule has 0 radical (unpaired) electrons. The summed E-state index contributed by atoms with van der Waals surface area (Å²) in [5, 5.41) is 7.17. The van der Waals surface area contributed by atoms with E-state index in [1.54, 1.807) is 20.4 Å². The van der Waals surface area contributed by atoms with Crippen LogP contribution in [0.25, 0.3) is 0 Å². The zero-order valence-electron chi connectivity index (χ0n) is 13.2. The molecule has 0 saturated heterocycles. The summed E-state index contributed by atoms with van der Waals surface area (Å²) in [7, 11) is 3.22. The third-order valence-electron chi connectivity index (χ3n) is 3.09. The molecule has 2 rings (SSSR count). The number of aliphatic imine (C=N–C) groups is 1. The summed E-state index contributed by atoms with van der Waals surface area (Å²) in [6, 6.07) is 7.56. The normalized spacial score (nSPS) is 10.8. The van der Waals surface area contributed by atoms with Gasteiger partial charge < -0.3 is 20.5 Å². The smallest absolute Gasteiger partial charge is 0.188 e. The van der Waals surface area contributed by atoms with Crippen LogP contribution in [0.15, 0.2) is 41.7 Å². The van der Waals surface area contributed by atoms with Crippen LogP contribution >= 0.6 is 24.0 Å². The van der Waals surface area contributed by atoms with Crippen LogP contribution in [-0.4, -0.2) is 36.5 Å². The Kier molecular flexibility index (Phi) is 8.23. The van der Waals surface area contributed by atoms with E-state index in [1.807, 2.05) is 35.1 Å². The van der Waals surface area contributed by atoms with Crippen LogP contribution in [0.4, 0.5) is 0 Å². The SMILES string of the molecule is COc1ccc(CN=C(N)NCCn2cccn2)cc1OC.I. The van der Waals surface area contributed by atoms with E-state index < -0.39 is 0 Å². The van der Waals surface area contributed by atoms with E-state index in [9.17, 15) is 0 Å². The van der Waals surface area contributed by atoms with Crippen molar-refractivity contribution in [3.05, 3.63) is 42.2 Å². The molecule has 1 aromatic carbocycles. The van der Waals surface area contributed by atoms with Gasteiger partial charge in [0, 0.05) is 18.9 Å². The molecule has 0 fully saturated rings. The molecule has 7 nitrogen and oxygen atoms in total. The van der Waals surface area contributed by atoms with Crippen LogP contribution in [0, 0.1) is 0 Å². The van der Waals surface area contributed by atoms with Gasteiger partial charge in [-0.1, -0.05) is 6.07 Å². The first kappa shape index (κ1) is 19.1. The van der Waals surface area contributed by atoms with Gasteiger partial charge in [0.25, 0.3) is 0 Å². The van der Waals surface area contributed by atoms with Gasteiger partial charge in [0.15, 0.2) is 17.5 Å². The van der Waals surface area contributed by atoms with Crippen molar-refractivity contribution in [2.45, 2.75) is 13.1 Å². The number of guanidine groups is 1. The number of halogens is 1. The Balaban J connectivity index is 0.00000264. The number of hydrogen-bond donors (Lipinski definition) is 2. The molecule has 3 N–H and O–H groups in total. The average Bonchev–Trinajstić information content (AvgIpc) is 3.06. The number of rotatable bonds is 7. The molecule has 23 heavy (non-hydrogen) atoms. The van der Waals surface area contributed by atoms with E-state index in [1.165, 1.54) is 0 Å². The molecule has 0 spiro atoms. The van der Waals surface area contributed by atoms with Crippen molar-refractivity contribution in [3.8, 4) is 11.5 Å². The van der Waals surface area contributed by atoms with E-state index >= 15 is 0 Å². The van der Waals surface area contributed by atoms with Gasteiger partial charge in [0.1, 0.15) is 0 Å². The molecule has 126 valence electrons. The van der Waals surface area contributed by atoms with Crippen molar-refractivity contribution in [1.29, 1.82) is 0 Å². The van der Waals surface area contributed by atoms with Crippen LogP contribution in [-0.2, 0) is 13.1 Å². The lowest BCUT2D eigenvalue weighted by atomic mass is 10.2. The first-order chi connectivity index (χ1) is 10.7. The van der Waals surface area contributed by atoms with E-state index in [2.05, 4.69) is 15.4 Å². The third-order valence-corrected chi connectivity index (χ3v) is 3.09. The Morgan fingerprint density at radius 3 is 2.74 bits per heavy atom. The van der Waals surface area contributed by atoms with E-state index in [0.717, 1.165) is 12.1 Å². The number of benzene rings is 1. The summed E-state index contributed by atoms with van der Waals surface area (Å²) in [5.41, 5.74) is 6.84. The molecule has 8 heteroatoms. The topological polar surface area (TPSA) is 86.7 Å². The molecular weight excluding hydrogens is 409 g/mol. The van der Waals surface area contributed by atoms with Crippen molar-refractivity contribution in [3.63, 3.8) is 0 Å². The highest BCUT2D eigenvalue weighted by molar-refractivity contribution is 14.0. The van der Waals surface area contributed by atoms with Gasteiger partial charge in [0.2, 0.25) is 0 Å². The van der Waals surface area contributed by atoms with Gasteiger partial charge in [-0.2, -0.15) is 5.10 Å². The van der Waals surface area contributed by atoms with Gasteiger partial charge >= 0.3 is 0 Å². The van der Waals surface area contributed by atoms with Crippen molar-refractivity contribution in [2.24, 2.45) is 10.7 Å². The Labute approximate surface area is 152 Å². The Morgan fingerprint density at radius 2 is 2.09 bits per heavy atom. The number of nitrogens with two attached hydrogens (primary N) is 1. The predicted octanol–water partition coefficient (Wildman–Crippen LogP) is 1.62. The molecular formula is C15H22IN5O2. The van der Waals surface area contributed by atoms with Crippen LogP contribution < -0.4 is 20.5 Å². The lowest BCUT2D eigenvalue weighted by Gasteiger charge is -2.09. The van der Waals surface area contributed by atoms with Gasteiger partial charge in [-0.3, -0.25) is 4.68 Å². The lowest BCUT2D eigenvalue weighted by Crippen LogP contribution is -2.34. The Hall–Kier alpha value is -1.97. The molecule has 1 aromatic heterocycles. The number of methoxy groups -OCH3 is 2. The molecule has 0 atom stereocenters. The van der Waals surface area contributed by atoms with Gasteiger partial charge in [-0.15, -0.1) is 24.0 Å². The minimum absolute atomic E-state index is 0. The highest BCUT2D eigenvalue weighted by Gasteiger charge is 2.04. The number of hydrogen-bond acceptors (Lipinski definition) is 4. The average molecular weight is 431 g/mol. The maximum atomic E-state index is 5.84. The van der Waals surface area contributed by atoms with Crippen molar-refractivity contribution in [1.82, 2.24) is 15.1 Å². The Bertz CT molecular complexity index is 616. The molecule has 2 aromatic rings. The van der Waals surface area contributed by atoms with Crippen LogP contribution in [0.3, 0.4) is 0 Å². The van der Waals surface area contributed by atoms with Gasteiger partial charge in [-0.25, -0.2) is 4.99 Å². The lowest BCUT2D eigenvalue weighted by molar-refractivity contribution is 0.354. The summed E-state index contributed by atoms with van der Waals surface area (Å²) in [6.45, 7) is 1.88. The fraction of sp³-hybridized carbons (Fsp3) is 0.333. The fourth-order valence-corrected chi connectivity index (χ4v) is 1.94. The van der Waals surface area contributed by atoms with Gasteiger partial charge in [-0.05, 0) is 23.8 Å². The first-order valence-corrected chi connectivity index (χ1v) is 6.95. The van der Waals surface area contributed by atoms with Gasteiger partial charge in [0.05, 0.1) is 27.3 Å². The molecule has 0 aliphatic rings. The summed E-state index contributed by atoms with van der Waals surface area (Å²) < 4.78 is 12.3. The molecule has 0 aliphatic carbocycles. The molecule has 0 bridgehead atoms. The zero-order chi connectivity index (χ0) is 15.8. The summed E-state index contributed by atoms with van der Waals surface area (Å²) in [4.78, 5) is 4.30. The molecule has 1 heterocycles. The van der Waals surface area contributed by atoms with E-state index in [4.69, 9.17) is 15.2 Å². The molecule has 0 aliphatic heterocycles. The van der Waals surface area contributed by atoms with Crippen LogP contribution in [0.2, 0.25) is 0 Å². The largest absolute Gasteiger partial charge is 0.493 e. The molecule has 0 unspecified atom stereocenters. The zero-order valence-corrected chi connectivity index (χ0v) is 15.6. The molecule has 0 amide bonds. The number of ether oxygens (including phenoxy) is 2. The minimum Gasteiger partial charge on any atom is -0.493 e. The monoisotopic (exact) mass is 431 g/mol. The summed E-state index contributed by atoms with van der Waals surface area (Å²) in [5.74, 6) is 1.78. The van der Waals surface area contributed by atoms with E-state index in [-0.39, 0.29) is 24.0 Å². The summed E-state index contributed by atoms with van der Waals surface area (Å²) >= 11 is 0.